The Labute approximate surface area is 314 Å². The monoisotopic (exact) mass is 802 g/mol. The maximum absolute atomic E-state index is 13.9. The van der Waals surface area contributed by atoms with Crippen LogP contribution in [0.5, 0.6) is 69.0 Å². The fraction of sp³-hybridized carbons (Fsp3) is 0.147. The van der Waals surface area contributed by atoms with E-state index in [-0.39, 0.29) is 0 Å². The highest BCUT2D eigenvalue weighted by Crippen LogP contribution is 2.52. The lowest BCUT2D eigenvalue weighted by Gasteiger charge is -2.33. The molecule has 1 aliphatic heterocycles. The first-order valence-electron chi connectivity index (χ1n) is 15.4. The molecule has 0 spiro atoms. The van der Waals surface area contributed by atoms with Crippen molar-refractivity contribution in [3.63, 3.8) is 0 Å². The summed E-state index contributed by atoms with van der Waals surface area (Å²) in [5, 5.41) is 144. The van der Waals surface area contributed by atoms with E-state index in [0.29, 0.717) is 36.4 Å². The lowest BCUT2D eigenvalue weighted by Crippen LogP contribution is -2.54. The van der Waals surface area contributed by atoms with Crippen LogP contribution in [0.4, 0.5) is 0 Å². The summed E-state index contributed by atoms with van der Waals surface area (Å²) in [5.41, 5.74) is -5.93. The number of carbonyl (C=O) groups excluding carboxylic acids is 4. The molecule has 0 aromatic heterocycles. The number of fused-ring (bicyclic) bond motifs is 4. The number of benzene rings is 4. The van der Waals surface area contributed by atoms with Gasteiger partial charge < -0.3 is 90.4 Å². The molecule has 5 rings (SSSR count). The third-order valence-electron chi connectivity index (χ3n) is 8.17. The molecule has 0 saturated heterocycles. The van der Waals surface area contributed by atoms with Gasteiger partial charge in [-0.15, -0.1) is 0 Å². The van der Waals surface area contributed by atoms with Gasteiger partial charge in [-0.05, 0) is 36.4 Å². The summed E-state index contributed by atoms with van der Waals surface area (Å²) in [7, 11) is 0. The van der Waals surface area contributed by atoms with Gasteiger partial charge in [0.2, 0.25) is 17.6 Å². The van der Waals surface area contributed by atoms with Crippen molar-refractivity contribution in [2.75, 3.05) is 6.61 Å². The molecular weight excluding hydrogens is 776 g/mol. The number of esters is 4. The molecule has 0 aliphatic carbocycles. The summed E-state index contributed by atoms with van der Waals surface area (Å²) in [4.78, 5) is 66.5. The minimum atomic E-state index is -2.98. The van der Waals surface area contributed by atoms with Crippen LogP contribution in [-0.2, 0) is 23.7 Å². The predicted octanol–water partition coefficient (Wildman–Crippen LogP) is 0.413. The third-order valence-corrected chi connectivity index (χ3v) is 8.17. The molecule has 300 valence electrons. The van der Waals surface area contributed by atoms with Gasteiger partial charge in [-0.2, -0.15) is 0 Å². The number of aliphatic hydroxyl groups excluding tert-OH is 1. The highest BCUT2D eigenvalue weighted by molar-refractivity contribution is 6.04. The lowest BCUT2D eigenvalue weighted by atomic mass is 9.93. The number of hydrogen-bond donors (Lipinski definition) is 14. The Kier molecular flexibility index (Phi) is 10.5. The van der Waals surface area contributed by atoms with E-state index < -0.39 is 163 Å². The van der Waals surface area contributed by atoms with E-state index in [1.807, 2.05) is 0 Å². The van der Waals surface area contributed by atoms with Crippen LogP contribution in [0.1, 0.15) is 41.4 Å². The van der Waals surface area contributed by atoms with Crippen LogP contribution in [0.2, 0.25) is 0 Å². The number of carboxylic acid groups (broad SMARTS) is 1. The van der Waals surface area contributed by atoms with Crippen LogP contribution >= 0.6 is 0 Å². The molecule has 0 fully saturated rings. The Morgan fingerprint density at radius 1 is 0.561 bits per heavy atom. The number of cyclic esters (lactones) is 2. The summed E-state index contributed by atoms with van der Waals surface area (Å²) < 4.78 is 20.4. The van der Waals surface area contributed by atoms with Crippen molar-refractivity contribution in [2.24, 2.45) is 0 Å². The molecule has 1 aliphatic rings. The zero-order valence-electron chi connectivity index (χ0n) is 27.9. The van der Waals surface area contributed by atoms with E-state index in [9.17, 15) is 95.5 Å². The average Bonchev–Trinajstić information content (AvgIpc) is 3.15. The molecule has 2 bridgehead atoms. The maximum atomic E-state index is 13.9. The van der Waals surface area contributed by atoms with Gasteiger partial charge in [-0.25, -0.2) is 24.0 Å². The molecule has 4 unspecified atom stereocenters. The average molecular weight is 803 g/mol. The number of aliphatic carboxylic acids is 1. The lowest BCUT2D eigenvalue weighted by molar-refractivity contribution is -0.166. The number of phenols is 12. The van der Waals surface area contributed by atoms with Crippen molar-refractivity contribution in [2.45, 2.75) is 24.4 Å². The number of carboxylic acids is 1. The van der Waals surface area contributed by atoms with Gasteiger partial charge in [0, 0.05) is 11.1 Å². The first-order chi connectivity index (χ1) is 26.6. The fourth-order valence-electron chi connectivity index (χ4n) is 5.34. The van der Waals surface area contributed by atoms with Crippen molar-refractivity contribution < 1.29 is 114 Å². The van der Waals surface area contributed by atoms with Crippen molar-refractivity contribution in [3.8, 4) is 80.1 Å². The Morgan fingerprint density at radius 2 is 1.04 bits per heavy atom. The summed E-state index contributed by atoms with van der Waals surface area (Å²) in [6, 6.07) is 2.80. The van der Waals surface area contributed by atoms with Crippen molar-refractivity contribution in [1.82, 2.24) is 0 Å². The van der Waals surface area contributed by atoms with E-state index in [1.54, 1.807) is 0 Å². The van der Waals surface area contributed by atoms with Crippen LogP contribution in [0.3, 0.4) is 0 Å². The minimum absolute atomic E-state index is 0.366. The first kappa shape index (κ1) is 40.0. The Hall–Kier alpha value is -8.21. The molecule has 14 N–H and O–H groups in total. The second kappa shape index (κ2) is 14.9. The number of phenolic OH excluding ortho intramolecular Hbond substituents is 12. The van der Waals surface area contributed by atoms with E-state index in [4.69, 9.17) is 18.9 Å². The quantitative estimate of drug-likeness (QED) is 0.0683. The molecule has 4 aromatic carbocycles. The van der Waals surface area contributed by atoms with Gasteiger partial charge in [0.25, 0.3) is 0 Å². The molecule has 57 heavy (non-hydrogen) atoms. The summed E-state index contributed by atoms with van der Waals surface area (Å²) in [6.45, 7) is -1.42. The molecule has 0 saturated carbocycles. The third kappa shape index (κ3) is 7.35. The summed E-state index contributed by atoms with van der Waals surface area (Å²) in [6.07, 6.45) is -11.2. The van der Waals surface area contributed by atoms with Crippen molar-refractivity contribution >= 4 is 29.8 Å². The Bertz CT molecular complexity index is 2320. The van der Waals surface area contributed by atoms with E-state index in [0.717, 1.165) is 0 Å². The van der Waals surface area contributed by atoms with Gasteiger partial charge in [-0.1, -0.05) is 0 Å². The highest BCUT2D eigenvalue weighted by atomic mass is 16.6. The summed E-state index contributed by atoms with van der Waals surface area (Å²) >= 11 is 0. The molecule has 0 amide bonds. The number of aliphatic hydroxyl groups is 1. The van der Waals surface area contributed by atoms with Crippen LogP contribution < -0.4 is 0 Å². The normalized spacial score (nSPS) is 16.4. The maximum Gasteiger partial charge on any atom is 0.349 e. The smallest absolute Gasteiger partial charge is 0.349 e. The van der Waals surface area contributed by atoms with E-state index in [2.05, 4.69) is 0 Å². The number of carbonyl (C=O) groups is 5. The molecule has 1 heterocycles. The van der Waals surface area contributed by atoms with Crippen molar-refractivity contribution in [1.29, 1.82) is 0 Å². The first-order valence-corrected chi connectivity index (χ1v) is 15.4. The van der Waals surface area contributed by atoms with Gasteiger partial charge in [0.05, 0.1) is 16.7 Å². The zero-order valence-corrected chi connectivity index (χ0v) is 27.9. The van der Waals surface area contributed by atoms with Gasteiger partial charge in [0.15, 0.2) is 69.7 Å². The van der Waals surface area contributed by atoms with E-state index in [1.165, 1.54) is 0 Å². The number of ether oxygens (including phenoxy) is 4. The standard InChI is InChI=1S/C34H26O23/c35-13-1-8(2-14(36)22(13)43)31(50)56-28(29(30(48)49)57-32(51)9-3-15(37)23(44)16(38)4-9)27-18(40)7-54-33(52)12-5-10(20(41)26(47)21(12)42)19-11(34(53)55-27)6-17(39)24(45)25(19)46/h1-6,18,27-29,35-47H,7H2,(H,48,49). The van der Waals surface area contributed by atoms with Gasteiger partial charge in [-0.3, -0.25) is 0 Å². The SMILES string of the molecule is O=C(OC(C(=O)O)C(OC(=O)c1cc(O)c(O)c(O)c1)C1OC(=O)c2cc(O)c(O)c(O)c2-c2cc(c(O)c(O)c2O)C(=O)OCC1O)c1cc(O)c(O)c(O)c1. The topological polar surface area (TPSA) is 405 Å². The second-order valence-corrected chi connectivity index (χ2v) is 11.8. The van der Waals surface area contributed by atoms with Crippen LogP contribution in [-0.4, -0.2) is 132 Å². The van der Waals surface area contributed by atoms with Gasteiger partial charge >= 0.3 is 29.8 Å². The Balaban J connectivity index is 1.72. The molecular formula is C34H26O23. The molecule has 4 aromatic rings. The van der Waals surface area contributed by atoms with Crippen LogP contribution in [0.25, 0.3) is 11.1 Å². The van der Waals surface area contributed by atoms with Crippen molar-refractivity contribution in [3.05, 3.63) is 58.7 Å². The number of hydrogen-bond acceptors (Lipinski definition) is 22. The largest absolute Gasteiger partial charge is 0.504 e. The van der Waals surface area contributed by atoms with E-state index >= 15 is 0 Å². The van der Waals surface area contributed by atoms with Crippen LogP contribution in [0.15, 0.2) is 36.4 Å². The Morgan fingerprint density at radius 3 is 1.54 bits per heavy atom. The zero-order chi connectivity index (χ0) is 42.4. The molecule has 0 radical (unpaired) electrons. The van der Waals surface area contributed by atoms with Crippen LogP contribution in [0, 0.1) is 0 Å². The van der Waals surface area contributed by atoms with Gasteiger partial charge in [0.1, 0.15) is 18.3 Å². The molecule has 23 heteroatoms. The minimum Gasteiger partial charge on any atom is -0.504 e. The fourth-order valence-corrected chi connectivity index (χ4v) is 5.34. The summed E-state index contributed by atoms with van der Waals surface area (Å²) in [5.74, 6) is -24.5. The predicted molar refractivity (Wildman–Crippen MR) is 176 cm³/mol. The number of rotatable bonds is 7. The molecule has 23 nitrogen and oxygen atoms in total. The highest BCUT2D eigenvalue weighted by Gasteiger charge is 2.47. The molecule has 4 atom stereocenters. The number of aromatic hydroxyl groups is 12. The second-order valence-electron chi connectivity index (χ2n) is 11.8.